The summed E-state index contributed by atoms with van der Waals surface area (Å²) >= 11 is 0. The van der Waals surface area contributed by atoms with Crippen LogP contribution in [0.3, 0.4) is 0 Å². The zero-order valence-electron chi connectivity index (χ0n) is 9.83. The van der Waals surface area contributed by atoms with Gasteiger partial charge in [-0.05, 0) is 18.1 Å². The number of aromatic nitrogens is 2. The first-order valence-electron chi connectivity index (χ1n) is 5.52. The van der Waals surface area contributed by atoms with Crippen LogP contribution in [0.15, 0.2) is 36.7 Å². The van der Waals surface area contributed by atoms with Gasteiger partial charge < -0.3 is 9.84 Å². The maximum atomic E-state index is 11.0. The number of aromatic carboxylic acids is 1. The summed E-state index contributed by atoms with van der Waals surface area (Å²) < 4.78 is 5.54. The predicted molar refractivity (Wildman–Crippen MR) is 64.9 cm³/mol. The fourth-order valence-corrected chi connectivity index (χ4v) is 1.55. The fourth-order valence-electron chi connectivity index (χ4n) is 1.55. The molecule has 5 heteroatoms. The Morgan fingerprint density at radius 3 is 2.72 bits per heavy atom. The highest BCUT2D eigenvalue weighted by molar-refractivity contribution is 5.87. The summed E-state index contributed by atoms with van der Waals surface area (Å²) in [5, 5.41) is 8.99. The van der Waals surface area contributed by atoms with Crippen LogP contribution in [-0.2, 0) is 6.42 Å². The average molecular weight is 244 g/mol. The first-order valence-corrected chi connectivity index (χ1v) is 5.52. The molecule has 0 bridgehead atoms. The largest absolute Gasteiger partial charge is 0.476 e. The predicted octanol–water partition coefficient (Wildman–Crippen LogP) is 2.53. The quantitative estimate of drug-likeness (QED) is 0.894. The van der Waals surface area contributed by atoms with Gasteiger partial charge in [-0.3, -0.25) is 0 Å². The molecule has 5 nitrogen and oxygen atoms in total. The van der Waals surface area contributed by atoms with Gasteiger partial charge in [0.25, 0.3) is 5.88 Å². The van der Waals surface area contributed by atoms with Gasteiger partial charge in [-0.15, -0.1) is 0 Å². The summed E-state index contributed by atoms with van der Waals surface area (Å²) in [6.45, 7) is 2.00. The number of hydrogen-bond acceptors (Lipinski definition) is 4. The maximum absolute atomic E-state index is 11.0. The van der Waals surface area contributed by atoms with Crippen LogP contribution in [0.1, 0.15) is 23.0 Å². The minimum Gasteiger partial charge on any atom is -0.476 e. The number of para-hydroxylation sites is 1. The molecule has 92 valence electrons. The summed E-state index contributed by atoms with van der Waals surface area (Å²) in [5.74, 6) is -0.555. The van der Waals surface area contributed by atoms with Crippen LogP contribution < -0.4 is 4.74 Å². The van der Waals surface area contributed by atoms with Crippen molar-refractivity contribution < 1.29 is 14.6 Å². The van der Waals surface area contributed by atoms with Crippen LogP contribution in [0.2, 0.25) is 0 Å². The van der Waals surface area contributed by atoms with E-state index in [1.165, 1.54) is 12.4 Å². The van der Waals surface area contributed by atoms with Crippen LogP contribution in [0.25, 0.3) is 0 Å². The van der Waals surface area contributed by atoms with Crippen molar-refractivity contribution in [2.45, 2.75) is 13.3 Å². The number of nitrogens with zero attached hydrogens (tertiary/aromatic N) is 2. The molecule has 0 atom stereocenters. The molecule has 0 aliphatic rings. The Kier molecular flexibility index (Phi) is 3.52. The molecule has 2 rings (SSSR count). The minimum absolute atomic E-state index is 0.00546. The minimum atomic E-state index is -1.16. The zero-order valence-corrected chi connectivity index (χ0v) is 9.83. The number of benzene rings is 1. The molecule has 0 aliphatic heterocycles. The zero-order chi connectivity index (χ0) is 13.0. The number of rotatable bonds is 4. The second kappa shape index (κ2) is 5.27. The molecule has 1 aromatic carbocycles. The smallest absolute Gasteiger partial charge is 0.360 e. The Bertz CT molecular complexity index is 570. The molecular weight excluding hydrogens is 232 g/mol. The van der Waals surface area contributed by atoms with E-state index in [0.29, 0.717) is 5.75 Å². The van der Waals surface area contributed by atoms with Crippen LogP contribution in [0.5, 0.6) is 11.6 Å². The number of ether oxygens (including phenoxy) is 1. The van der Waals surface area contributed by atoms with E-state index >= 15 is 0 Å². The number of carbonyl (C=O) groups is 1. The lowest BCUT2D eigenvalue weighted by Crippen LogP contribution is -2.05. The Balaban J connectivity index is 2.37. The van der Waals surface area contributed by atoms with Gasteiger partial charge in [-0.25, -0.2) is 14.8 Å². The standard InChI is InChI=1S/C13H12N2O3/c1-2-9-5-3-4-6-10(9)18-12-11(13(16)17)14-7-8-15-12/h3-8H,2H2,1H3,(H,16,17). The first kappa shape index (κ1) is 12.0. The molecule has 0 fully saturated rings. The Labute approximate surface area is 104 Å². The number of aryl methyl sites for hydroxylation is 1. The molecule has 0 saturated heterocycles. The van der Waals surface area contributed by atoms with E-state index in [1.54, 1.807) is 6.07 Å². The van der Waals surface area contributed by atoms with Crippen molar-refractivity contribution in [1.29, 1.82) is 0 Å². The van der Waals surface area contributed by atoms with Gasteiger partial charge in [-0.2, -0.15) is 0 Å². The van der Waals surface area contributed by atoms with E-state index < -0.39 is 5.97 Å². The van der Waals surface area contributed by atoms with E-state index in [2.05, 4.69) is 9.97 Å². The molecule has 1 heterocycles. The van der Waals surface area contributed by atoms with Gasteiger partial charge in [0.15, 0.2) is 0 Å². The lowest BCUT2D eigenvalue weighted by atomic mass is 10.1. The van der Waals surface area contributed by atoms with E-state index in [9.17, 15) is 4.79 Å². The van der Waals surface area contributed by atoms with Gasteiger partial charge in [0.2, 0.25) is 5.69 Å². The highest BCUT2D eigenvalue weighted by atomic mass is 16.5. The lowest BCUT2D eigenvalue weighted by Gasteiger charge is -2.09. The molecule has 1 aromatic heterocycles. The molecule has 0 spiro atoms. The van der Waals surface area contributed by atoms with Crippen molar-refractivity contribution in [3.63, 3.8) is 0 Å². The highest BCUT2D eigenvalue weighted by Crippen LogP contribution is 2.25. The van der Waals surface area contributed by atoms with Crippen LogP contribution in [0.4, 0.5) is 0 Å². The third-order valence-corrected chi connectivity index (χ3v) is 2.43. The topological polar surface area (TPSA) is 72.3 Å². The molecule has 0 unspecified atom stereocenters. The van der Waals surface area contributed by atoms with Crippen LogP contribution in [0, 0.1) is 0 Å². The second-order valence-electron chi connectivity index (χ2n) is 3.58. The van der Waals surface area contributed by atoms with Crippen molar-refractivity contribution >= 4 is 5.97 Å². The molecule has 0 aliphatic carbocycles. The third-order valence-electron chi connectivity index (χ3n) is 2.43. The average Bonchev–Trinajstić information content (AvgIpc) is 2.40. The van der Waals surface area contributed by atoms with Crippen molar-refractivity contribution in [2.75, 3.05) is 0 Å². The van der Waals surface area contributed by atoms with E-state index in [1.807, 2.05) is 25.1 Å². The number of carboxylic acid groups (broad SMARTS) is 1. The summed E-state index contributed by atoms with van der Waals surface area (Å²) in [6.07, 6.45) is 3.51. The van der Waals surface area contributed by atoms with E-state index in [-0.39, 0.29) is 11.6 Å². The van der Waals surface area contributed by atoms with Gasteiger partial charge in [0, 0.05) is 12.4 Å². The molecule has 0 amide bonds. The molecule has 0 radical (unpaired) electrons. The van der Waals surface area contributed by atoms with Gasteiger partial charge in [0.05, 0.1) is 0 Å². The fraction of sp³-hybridized carbons (Fsp3) is 0.154. The number of hydrogen-bond donors (Lipinski definition) is 1. The van der Waals surface area contributed by atoms with Crippen molar-refractivity contribution in [1.82, 2.24) is 9.97 Å². The SMILES string of the molecule is CCc1ccccc1Oc1nccnc1C(=O)O. The number of carboxylic acids is 1. The van der Waals surface area contributed by atoms with Crippen molar-refractivity contribution in [3.8, 4) is 11.6 Å². The van der Waals surface area contributed by atoms with E-state index in [4.69, 9.17) is 9.84 Å². The molecule has 1 N–H and O–H groups in total. The summed E-state index contributed by atoms with van der Waals surface area (Å²) in [5.41, 5.74) is 0.794. The van der Waals surface area contributed by atoms with Gasteiger partial charge >= 0.3 is 5.97 Å². The van der Waals surface area contributed by atoms with Crippen molar-refractivity contribution in [2.24, 2.45) is 0 Å². The van der Waals surface area contributed by atoms with E-state index in [0.717, 1.165) is 12.0 Å². The molecule has 18 heavy (non-hydrogen) atoms. The summed E-state index contributed by atoms with van der Waals surface area (Å²) in [4.78, 5) is 18.6. The molecule has 0 saturated carbocycles. The lowest BCUT2D eigenvalue weighted by molar-refractivity contribution is 0.0686. The van der Waals surface area contributed by atoms with Crippen molar-refractivity contribution in [3.05, 3.63) is 47.9 Å². The highest BCUT2D eigenvalue weighted by Gasteiger charge is 2.15. The first-order chi connectivity index (χ1) is 8.72. The monoisotopic (exact) mass is 244 g/mol. The van der Waals surface area contributed by atoms with Crippen LogP contribution in [-0.4, -0.2) is 21.0 Å². The third kappa shape index (κ3) is 2.45. The Morgan fingerprint density at radius 2 is 2.00 bits per heavy atom. The summed E-state index contributed by atoms with van der Waals surface area (Å²) in [6, 6.07) is 7.43. The second-order valence-corrected chi connectivity index (χ2v) is 3.58. The summed E-state index contributed by atoms with van der Waals surface area (Å²) in [7, 11) is 0. The van der Waals surface area contributed by atoms with Gasteiger partial charge in [-0.1, -0.05) is 25.1 Å². The van der Waals surface area contributed by atoms with Crippen LogP contribution >= 0.6 is 0 Å². The molecule has 2 aromatic rings. The molecular formula is C13H12N2O3. The van der Waals surface area contributed by atoms with Gasteiger partial charge in [0.1, 0.15) is 5.75 Å². The Hall–Kier alpha value is -2.43. The maximum Gasteiger partial charge on any atom is 0.360 e. The normalized spacial score (nSPS) is 10.1. The Morgan fingerprint density at radius 1 is 1.28 bits per heavy atom.